The number of imidazole rings is 1. The van der Waals surface area contributed by atoms with Crippen LogP contribution in [-0.4, -0.2) is 56.2 Å². The number of piperidine rings is 1. The van der Waals surface area contributed by atoms with Crippen molar-refractivity contribution in [2.24, 2.45) is 5.92 Å². The molecule has 192 valence electrons. The third kappa shape index (κ3) is 5.41. The molecule has 3 heterocycles. The number of para-hydroxylation sites is 2. The Morgan fingerprint density at radius 2 is 1.89 bits per heavy atom. The van der Waals surface area contributed by atoms with E-state index in [-0.39, 0.29) is 6.09 Å². The van der Waals surface area contributed by atoms with E-state index in [2.05, 4.69) is 52.9 Å². The van der Waals surface area contributed by atoms with E-state index in [1.54, 1.807) is 0 Å². The number of pyridine rings is 1. The second kappa shape index (κ2) is 10.2. The standard InChI is InChI=1S/C29H39N5O2/c1-29(2,3)36-28(35)33-17-14-21(15-18-33)19-34-24-12-6-5-11-23(24)31-26(34)20-32(4)25-13-7-9-22-10-8-16-30-27(22)25/h5-6,8,10-12,16,21,25H,7,9,13-15,17-20H2,1-4H3. The summed E-state index contributed by atoms with van der Waals surface area (Å²) in [6, 6.07) is 13.0. The summed E-state index contributed by atoms with van der Waals surface area (Å²) in [6.45, 7) is 8.95. The van der Waals surface area contributed by atoms with Gasteiger partial charge in [0.05, 0.1) is 29.3 Å². The average molecular weight is 490 g/mol. The molecule has 1 atom stereocenters. The van der Waals surface area contributed by atoms with Crippen LogP contribution < -0.4 is 0 Å². The van der Waals surface area contributed by atoms with E-state index >= 15 is 0 Å². The van der Waals surface area contributed by atoms with Crippen molar-refractivity contribution in [3.63, 3.8) is 0 Å². The number of aryl methyl sites for hydroxylation is 1. The van der Waals surface area contributed by atoms with Gasteiger partial charge in [-0.15, -0.1) is 0 Å². The largest absolute Gasteiger partial charge is 0.444 e. The predicted molar refractivity (Wildman–Crippen MR) is 142 cm³/mol. The summed E-state index contributed by atoms with van der Waals surface area (Å²) in [5.41, 5.74) is 4.39. The summed E-state index contributed by atoms with van der Waals surface area (Å²) < 4.78 is 8.00. The van der Waals surface area contributed by atoms with Crippen LogP contribution in [0.25, 0.3) is 11.0 Å². The summed E-state index contributed by atoms with van der Waals surface area (Å²) in [4.78, 5) is 26.6. The first-order valence-corrected chi connectivity index (χ1v) is 13.3. The number of amides is 1. The van der Waals surface area contributed by atoms with Crippen molar-refractivity contribution in [3.05, 3.63) is 59.7 Å². The summed E-state index contributed by atoms with van der Waals surface area (Å²) in [6.07, 6.45) is 7.11. The summed E-state index contributed by atoms with van der Waals surface area (Å²) in [5.74, 6) is 1.61. The first-order valence-electron chi connectivity index (χ1n) is 13.3. The van der Waals surface area contributed by atoms with Crippen molar-refractivity contribution in [1.82, 2.24) is 24.3 Å². The van der Waals surface area contributed by atoms with Crippen LogP contribution in [0.2, 0.25) is 0 Å². The van der Waals surface area contributed by atoms with Crippen LogP contribution in [0.5, 0.6) is 0 Å². The summed E-state index contributed by atoms with van der Waals surface area (Å²) in [7, 11) is 2.21. The molecule has 1 aromatic carbocycles. The minimum absolute atomic E-state index is 0.197. The van der Waals surface area contributed by atoms with E-state index in [9.17, 15) is 4.79 Å². The fourth-order valence-electron chi connectivity index (χ4n) is 5.68. The van der Waals surface area contributed by atoms with Gasteiger partial charge < -0.3 is 14.2 Å². The third-order valence-electron chi connectivity index (χ3n) is 7.53. The number of hydrogen-bond donors (Lipinski definition) is 0. The Labute approximate surface area is 214 Å². The second-order valence-corrected chi connectivity index (χ2v) is 11.4. The van der Waals surface area contributed by atoms with Gasteiger partial charge in [-0.2, -0.15) is 0 Å². The number of benzene rings is 1. The van der Waals surface area contributed by atoms with E-state index in [1.807, 2.05) is 31.9 Å². The zero-order valence-electron chi connectivity index (χ0n) is 22.1. The molecule has 0 bridgehead atoms. The molecule has 1 aliphatic carbocycles. The SMILES string of the molecule is CN(Cc1nc2ccccc2n1CC1CCN(C(=O)OC(C)(C)C)CC1)C1CCCc2cccnc21. The molecule has 1 aliphatic heterocycles. The Morgan fingerprint density at radius 1 is 1.11 bits per heavy atom. The Balaban J connectivity index is 1.31. The number of fused-ring (bicyclic) bond motifs is 2. The predicted octanol–water partition coefficient (Wildman–Crippen LogP) is 5.59. The van der Waals surface area contributed by atoms with Crippen molar-refractivity contribution < 1.29 is 9.53 Å². The molecule has 3 aromatic rings. The minimum Gasteiger partial charge on any atom is -0.444 e. The number of carbonyl (C=O) groups is 1. The van der Waals surface area contributed by atoms with Crippen LogP contribution in [0.3, 0.4) is 0 Å². The van der Waals surface area contributed by atoms with Gasteiger partial charge in [0.15, 0.2) is 0 Å². The smallest absolute Gasteiger partial charge is 0.410 e. The average Bonchev–Trinajstić information content (AvgIpc) is 3.19. The van der Waals surface area contributed by atoms with E-state index in [0.717, 1.165) is 63.2 Å². The summed E-state index contributed by atoms with van der Waals surface area (Å²) >= 11 is 0. The molecule has 0 spiro atoms. The molecule has 2 aromatic heterocycles. The molecule has 0 N–H and O–H groups in total. The van der Waals surface area contributed by atoms with E-state index in [1.165, 1.54) is 23.2 Å². The molecule has 5 rings (SSSR count). The normalized spacial score (nSPS) is 19.0. The molecule has 7 heteroatoms. The molecule has 7 nitrogen and oxygen atoms in total. The van der Waals surface area contributed by atoms with Crippen LogP contribution in [0.1, 0.15) is 69.6 Å². The lowest BCUT2D eigenvalue weighted by atomic mass is 9.91. The Hall–Kier alpha value is -2.93. The van der Waals surface area contributed by atoms with Crippen molar-refractivity contribution in [1.29, 1.82) is 0 Å². The van der Waals surface area contributed by atoms with Gasteiger partial charge in [0.25, 0.3) is 0 Å². The zero-order valence-corrected chi connectivity index (χ0v) is 22.1. The van der Waals surface area contributed by atoms with E-state index in [4.69, 9.17) is 14.7 Å². The monoisotopic (exact) mass is 489 g/mol. The lowest BCUT2D eigenvalue weighted by molar-refractivity contribution is 0.0178. The van der Waals surface area contributed by atoms with Gasteiger partial charge >= 0.3 is 6.09 Å². The molecule has 1 saturated heterocycles. The maximum atomic E-state index is 12.5. The number of ether oxygens (including phenoxy) is 1. The van der Waals surface area contributed by atoms with Gasteiger partial charge in [-0.05, 0) is 89.6 Å². The second-order valence-electron chi connectivity index (χ2n) is 11.4. The van der Waals surface area contributed by atoms with Crippen LogP contribution >= 0.6 is 0 Å². The zero-order chi connectivity index (χ0) is 25.3. The van der Waals surface area contributed by atoms with Crippen LogP contribution in [0.15, 0.2) is 42.6 Å². The van der Waals surface area contributed by atoms with Gasteiger partial charge in [-0.25, -0.2) is 9.78 Å². The van der Waals surface area contributed by atoms with E-state index < -0.39 is 5.60 Å². The minimum atomic E-state index is -0.459. The quantitative estimate of drug-likeness (QED) is 0.468. The molecule has 1 amide bonds. The molecule has 1 unspecified atom stereocenters. The van der Waals surface area contributed by atoms with Crippen LogP contribution in [-0.2, 0) is 24.2 Å². The lowest BCUT2D eigenvalue weighted by Crippen LogP contribution is -2.42. The van der Waals surface area contributed by atoms with Crippen molar-refractivity contribution in [2.45, 2.75) is 77.6 Å². The van der Waals surface area contributed by atoms with Gasteiger partial charge in [-0.1, -0.05) is 18.2 Å². The molecule has 1 fully saturated rings. The molecular weight excluding hydrogens is 450 g/mol. The van der Waals surface area contributed by atoms with Crippen LogP contribution in [0.4, 0.5) is 4.79 Å². The van der Waals surface area contributed by atoms with Gasteiger partial charge in [0, 0.05) is 25.8 Å². The molecular formula is C29H39N5O2. The van der Waals surface area contributed by atoms with Crippen molar-refractivity contribution >= 4 is 17.1 Å². The maximum absolute atomic E-state index is 12.5. The van der Waals surface area contributed by atoms with Crippen molar-refractivity contribution in [3.8, 4) is 0 Å². The topological polar surface area (TPSA) is 63.5 Å². The lowest BCUT2D eigenvalue weighted by Gasteiger charge is -2.34. The third-order valence-corrected chi connectivity index (χ3v) is 7.53. The highest BCUT2D eigenvalue weighted by molar-refractivity contribution is 5.76. The fourth-order valence-corrected chi connectivity index (χ4v) is 5.68. The van der Waals surface area contributed by atoms with Crippen molar-refractivity contribution in [2.75, 3.05) is 20.1 Å². The highest BCUT2D eigenvalue weighted by atomic mass is 16.6. The summed E-state index contributed by atoms with van der Waals surface area (Å²) in [5, 5.41) is 0. The molecule has 36 heavy (non-hydrogen) atoms. The number of nitrogens with zero attached hydrogens (tertiary/aromatic N) is 5. The van der Waals surface area contributed by atoms with Gasteiger partial charge in [0.1, 0.15) is 11.4 Å². The molecule has 0 radical (unpaired) electrons. The number of rotatable bonds is 5. The first kappa shape index (κ1) is 24.8. The Kier molecular flexibility index (Phi) is 7.02. The van der Waals surface area contributed by atoms with Gasteiger partial charge in [0.2, 0.25) is 0 Å². The van der Waals surface area contributed by atoms with Gasteiger partial charge in [-0.3, -0.25) is 9.88 Å². The Bertz CT molecular complexity index is 1210. The number of hydrogen-bond acceptors (Lipinski definition) is 5. The van der Waals surface area contributed by atoms with E-state index in [0.29, 0.717) is 12.0 Å². The Morgan fingerprint density at radius 3 is 2.67 bits per heavy atom. The number of likely N-dealkylation sites (tertiary alicyclic amines) is 1. The highest BCUT2D eigenvalue weighted by Crippen LogP contribution is 2.33. The fraction of sp³-hybridized carbons (Fsp3) is 0.552. The number of aromatic nitrogens is 3. The number of carbonyl (C=O) groups excluding carboxylic acids is 1. The highest BCUT2D eigenvalue weighted by Gasteiger charge is 2.29. The maximum Gasteiger partial charge on any atom is 0.410 e. The first-order chi connectivity index (χ1) is 17.3. The molecule has 2 aliphatic rings. The van der Waals surface area contributed by atoms with Crippen LogP contribution in [0, 0.1) is 5.92 Å². The molecule has 0 saturated carbocycles.